The number of hydrogen-bond donors (Lipinski definition) is 0. The molecule has 18 heavy (non-hydrogen) atoms. The van der Waals surface area contributed by atoms with E-state index in [0.29, 0.717) is 0 Å². The topological polar surface area (TPSA) is 0 Å². The zero-order chi connectivity index (χ0) is 11.7. The molecule has 0 radical (unpaired) electrons. The lowest BCUT2D eigenvalue weighted by Crippen LogP contribution is -2.18. The highest BCUT2D eigenvalue weighted by molar-refractivity contribution is 5.92. The molecule has 2 aromatic carbocycles. The number of allylic oxidation sites excluding steroid dienone is 2. The summed E-state index contributed by atoms with van der Waals surface area (Å²) in [4.78, 5) is 0. The Labute approximate surface area is 107 Å². The highest BCUT2D eigenvalue weighted by Crippen LogP contribution is 2.43. The predicted molar refractivity (Wildman–Crippen MR) is 75.0 cm³/mol. The maximum Gasteiger partial charge on any atom is -0.00551 e. The molecule has 0 aromatic heterocycles. The van der Waals surface area contributed by atoms with Crippen LogP contribution < -0.4 is 0 Å². The van der Waals surface area contributed by atoms with Gasteiger partial charge in [0, 0.05) is 0 Å². The van der Waals surface area contributed by atoms with Gasteiger partial charge in [0.05, 0.1) is 0 Å². The second-order valence-electron chi connectivity index (χ2n) is 6.07. The lowest BCUT2D eigenvalue weighted by Gasteiger charge is -2.33. The van der Waals surface area contributed by atoms with Crippen molar-refractivity contribution in [3.8, 4) is 0 Å². The van der Waals surface area contributed by atoms with Crippen LogP contribution in [-0.4, -0.2) is 0 Å². The quantitative estimate of drug-likeness (QED) is 0.599. The van der Waals surface area contributed by atoms with Gasteiger partial charge in [-0.3, -0.25) is 0 Å². The fourth-order valence-electron chi connectivity index (χ4n) is 3.97. The average Bonchev–Trinajstić information content (AvgIpc) is 2.32. The molecule has 0 aliphatic heterocycles. The molecule has 0 unspecified atom stereocenters. The van der Waals surface area contributed by atoms with E-state index in [1.165, 1.54) is 43.9 Å². The lowest BCUT2D eigenvalue weighted by molar-refractivity contribution is 0.711. The van der Waals surface area contributed by atoms with Gasteiger partial charge < -0.3 is 0 Å². The number of hydrogen-bond acceptors (Lipinski definition) is 0. The molecule has 0 fully saturated rings. The Morgan fingerprint density at radius 3 is 2.11 bits per heavy atom. The molecule has 0 saturated carbocycles. The van der Waals surface area contributed by atoms with Crippen molar-refractivity contribution >= 4 is 10.8 Å². The molecular weight excluding hydrogens is 216 g/mol. The third-order valence-electron chi connectivity index (χ3n) is 5.26. The zero-order valence-electron chi connectivity index (χ0n) is 10.6. The van der Waals surface area contributed by atoms with Gasteiger partial charge in [0.15, 0.2) is 0 Å². The Bertz CT molecular complexity index is 731. The van der Waals surface area contributed by atoms with Crippen LogP contribution in [0.15, 0.2) is 35.4 Å². The molecule has 0 bridgehead atoms. The minimum absolute atomic E-state index is 1.24. The average molecular weight is 232 g/mol. The van der Waals surface area contributed by atoms with Crippen LogP contribution in [0.3, 0.4) is 0 Å². The van der Waals surface area contributed by atoms with E-state index >= 15 is 0 Å². The lowest BCUT2D eigenvalue weighted by atomic mass is 9.72. The van der Waals surface area contributed by atoms with Crippen LogP contribution in [0, 0.1) is 0 Å². The van der Waals surface area contributed by atoms with Crippen LogP contribution in [0.2, 0.25) is 0 Å². The van der Waals surface area contributed by atoms with E-state index in [1.807, 2.05) is 0 Å². The van der Waals surface area contributed by atoms with Crippen LogP contribution in [0.1, 0.15) is 35.1 Å². The Balaban J connectivity index is 1.85. The smallest absolute Gasteiger partial charge is 0.00551 e. The first-order chi connectivity index (χ1) is 8.90. The second-order valence-corrected chi connectivity index (χ2v) is 6.07. The van der Waals surface area contributed by atoms with Gasteiger partial charge in [0.25, 0.3) is 0 Å². The maximum atomic E-state index is 2.38. The molecule has 0 amide bonds. The molecule has 3 aliphatic rings. The van der Waals surface area contributed by atoms with Crippen molar-refractivity contribution < 1.29 is 0 Å². The molecule has 0 heteroatoms. The number of aryl methyl sites for hydroxylation is 2. The van der Waals surface area contributed by atoms with E-state index in [0.717, 1.165) is 0 Å². The summed E-state index contributed by atoms with van der Waals surface area (Å²) in [6.45, 7) is 0. The molecule has 0 spiro atoms. The molecule has 0 heterocycles. The standard InChI is InChI=1S/C18H16/c1-2-12-3-6-15-9-13-4-5-14(13)10-17(15)18(12)16-8-7-11(1)16/h1-3,6H,4-5,7-10H2. The zero-order valence-corrected chi connectivity index (χ0v) is 10.6. The summed E-state index contributed by atoms with van der Waals surface area (Å²) in [5.74, 6) is 0. The molecule has 3 aliphatic carbocycles. The molecule has 88 valence electrons. The molecule has 5 rings (SSSR count). The van der Waals surface area contributed by atoms with Crippen molar-refractivity contribution in [2.45, 2.75) is 38.5 Å². The molecule has 0 saturated heterocycles. The summed E-state index contributed by atoms with van der Waals surface area (Å²) in [6.07, 6.45) is 7.81. The monoisotopic (exact) mass is 232 g/mol. The van der Waals surface area contributed by atoms with Crippen molar-refractivity contribution in [2.75, 3.05) is 0 Å². The van der Waals surface area contributed by atoms with E-state index in [2.05, 4.69) is 24.3 Å². The van der Waals surface area contributed by atoms with Crippen LogP contribution >= 0.6 is 0 Å². The first-order valence-corrected chi connectivity index (χ1v) is 7.15. The van der Waals surface area contributed by atoms with Gasteiger partial charge in [-0.1, -0.05) is 35.4 Å². The molecule has 0 atom stereocenters. The molecular formula is C18H16. The Morgan fingerprint density at radius 2 is 1.39 bits per heavy atom. The largest absolute Gasteiger partial charge is 0.0659 e. The van der Waals surface area contributed by atoms with Crippen LogP contribution in [0.25, 0.3) is 10.8 Å². The van der Waals surface area contributed by atoms with Crippen molar-refractivity contribution in [1.82, 2.24) is 0 Å². The van der Waals surface area contributed by atoms with Gasteiger partial charge in [-0.05, 0) is 71.6 Å². The van der Waals surface area contributed by atoms with Crippen molar-refractivity contribution in [3.05, 3.63) is 57.7 Å². The van der Waals surface area contributed by atoms with Crippen LogP contribution in [0.5, 0.6) is 0 Å². The van der Waals surface area contributed by atoms with E-state index in [1.54, 1.807) is 38.8 Å². The number of benzene rings is 2. The van der Waals surface area contributed by atoms with E-state index in [-0.39, 0.29) is 0 Å². The normalized spacial score (nSPS) is 19.8. The number of rotatable bonds is 0. The molecule has 2 aromatic rings. The first-order valence-electron chi connectivity index (χ1n) is 7.15. The summed E-state index contributed by atoms with van der Waals surface area (Å²) in [6, 6.07) is 9.39. The fraction of sp³-hybridized carbons (Fsp3) is 0.333. The third kappa shape index (κ3) is 1.03. The molecule has 0 nitrogen and oxygen atoms in total. The number of fused-ring (bicyclic) bond motifs is 5. The Hall–Kier alpha value is -1.56. The van der Waals surface area contributed by atoms with Gasteiger partial charge in [-0.15, -0.1) is 0 Å². The summed E-state index contributed by atoms with van der Waals surface area (Å²) < 4.78 is 0. The summed E-state index contributed by atoms with van der Waals surface area (Å²) in [5.41, 5.74) is 10.0. The van der Waals surface area contributed by atoms with E-state index in [9.17, 15) is 0 Å². The van der Waals surface area contributed by atoms with Crippen LogP contribution in [0.4, 0.5) is 0 Å². The minimum atomic E-state index is 1.24. The highest BCUT2D eigenvalue weighted by atomic mass is 14.3. The van der Waals surface area contributed by atoms with Gasteiger partial charge >= 0.3 is 0 Å². The Kier molecular flexibility index (Phi) is 1.59. The van der Waals surface area contributed by atoms with Crippen molar-refractivity contribution in [1.29, 1.82) is 0 Å². The summed E-state index contributed by atoms with van der Waals surface area (Å²) >= 11 is 0. The summed E-state index contributed by atoms with van der Waals surface area (Å²) in [7, 11) is 0. The van der Waals surface area contributed by atoms with Gasteiger partial charge in [0.1, 0.15) is 0 Å². The first kappa shape index (κ1) is 9.38. The van der Waals surface area contributed by atoms with Crippen LogP contribution in [-0.2, 0) is 25.7 Å². The Morgan fingerprint density at radius 1 is 0.611 bits per heavy atom. The minimum Gasteiger partial charge on any atom is -0.0659 e. The van der Waals surface area contributed by atoms with E-state index < -0.39 is 0 Å². The van der Waals surface area contributed by atoms with Gasteiger partial charge in [-0.25, -0.2) is 0 Å². The predicted octanol–water partition coefficient (Wildman–Crippen LogP) is 4.13. The SMILES string of the molecule is c1cc2ccc3c(c2c2c1CC2)CC1=C(CC1)C3. The molecule has 0 N–H and O–H groups in total. The van der Waals surface area contributed by atoms with Gasteiger partial charge in [-0.2, -0.15) is 0 Å². The van der Waals surface area contributed by atoms with Crippen molar-refractivity contribution in [3.63, 3.8) is 0 Å². The van der Waals surface area contributed by atoms with E-state index in [4.69, 9.17) is 0 Å². The maximum absolute atomic E-state index is 2.38. The third-order valence-corrected chi connectivity index (χ3v) is 5.26. The second kappa shape index (κ2) is 3.06. The van der Waals surface area contributed by atoms with Gasteiger partial charge in [0.2, 0.25) is 0 Å². The fourth-order valence-corrected chi connectivity index (χ4v) is 3.97. The summed E-state index contributed by atoms with van der Waals surface area (Å²) in [5, 5.41) is 3.09. The van der Waals surface area contributed by atoms with Crippen molar-refractivity contribution in [2.24, 2.45) is 0 Å². The highest BCUT2D eigenvalue weighted by Gasteiger charge is 2.27.